The van der Waals surface area contributed by atoms with E-state index in [1.54, 1.807) is 19.1 Å². The molecular formula is C11H18N2O3S. The van der Waals surface area contributed by atoms with Gasteiger partial charge in [0.15, 0.2) is 0 Å². The number of nitrogens with two attached hydrogens (primary N) is 1. The van der Waals surface area contributed by atoms with E-state index in [1.165, 1.54) is 19.9 Å². The summed E-state index contributed by atoms with van der Waals surface area (Å²) in [5.41, 5.74) is 5.34. The van der Waals surface area contributed by atoms with Crippen molar-refractivity contribution in [2.75, 3.05) is 12.3 Å². The first kappa shape index (κ1) is 14.0. The van der Waals surface area contributed by atoms with Crippen molar-refractivity contribution in [2.24, 2.45) is 0 Å². The number of hydrogen-bond acceptors (Lipinski definition) is 4. The van der Waals surface area contributed by atoms with Gasteiger partial charge >= 0.3 is 0 Å². The molecule has 0 aliphatic carbocycles. The molecular weight excluding hydrogens is 240 g/mol. The average Bonchev–Trinajstić information content (AvgIpc) is 2.13. The third-order valence-corrected chi connectivity index (χ3v) is 3.83. The van der Waals surface area contributed by atoms with Crippen LogP contribution in [0, 0.1) is 6.92 Å². The SMILES string of the molecule is Cc1cccc(N)c1S(=O)(=O)NCC(C)(C)O. The van der Waals surface area contributed by atoms with Crippen LogP contribution in [0.5, 0.6) is 0 Å². The fraction of sp³-hybridized carbons (Fsp3) is 0.455. The molecule has 0 amide bonds. The molecule has 96 valence electrons. The summed E-state index contributed by atoms with van der Waals surface area (Å²) in [5, 5.41) is 9.51. The minimum absolute atomic E-state index is 0.0664. The second kappa shape index (κ2) is 4.64. The Bertz CT molecular complexity index is 484. The van der Waals surface area contributed by atoms with Crippen molar-refractivity contribution in [3.63, 3.8) is 0 Å². The van der Waals surface area contributed by atoms with Gasteiger partial charge in [0.2, 0.25) is 10.0 Å². The van der Waals surface area contributed by atoms with Crippen molar-refractivity contribution in [3.8, 4) is 0 Å². The molecule has 1 aromatic carbocycles. The minimum Gasteiger partial charge on any atom is -0.398 e. The van der Waals surface area contributed by atoms with Gasteiger partial charge in [-0.1, -0.05) is 12.1 Å². The standard InChI is InChI=1S/C11H18N2O3S/c1-8-5-4-6-9(12)10(8)17(15,16)13-7-11(2,3)14/h4-6,13-14H,7,12H2,1-3H3. The van der Waals surface area contributed by atoms with Crippen LogP contribution in [0.25, 0.3) is 0 Å². The molecule has 1 rings (SSSR count). The largest absolute Gasteiger partial charge is 0.398 e. The van der Waals surface area contributed by atoms with Gasteiger partial charge in [0.1, 0.15) is 4.90 Å². The fourth-order valence-electron chi connectivity index (χ4n) is 1.39. The molecule has 4 N–H and O–H groups in total. The van der Waals surface area contributed by atoms with Crippen molar-refractivity contribution in [1.82, 2.24) is 4.72 Å². The second-order valence-corrected chi connectivity index (χ2v) is 6.33. The Morgan fingerprint density at radius 2 is 2.00 bits per heavy atom. The lowest BCUT2D eigenvalue weighted by Crippen LogP contribution is -2.38. The topological polar surface area (TPSA) is 92.4 Å². The highest BCUT2D eigenvalue weighted by Gasteiger charge is 2.22. The Hall–Kier alpha value is -1.11. The van der Waals surface area contributed by atoms with Gasteiger partial charge in [-0.15, -0.1) is 0 Å². The van der Waals surface area contributed by atoms with Gasteiger partial charge in [-0.05, 0) is 32.4 Å². The number of sulfonamides is 1. The Morgan fingerprint density at radius 1 is 1.41 bits per heavy atom. The highest BCUT2D eigenvalue weighted by molar-refractivity contribution is 7.89. The maximum atomic E-state index is 12.0. The molecule has 0 saturated carbocycles. The number of nitrogens with one attached hydrogen (secondary N) is 1. The number of anilines is 1. The van der Waals surface area contributed by atoms with Crippen molar-refractivity contribution in [1.29, 1.82) is 0 Å². The zero-order chi connectivity index (χ0) is 13.3. The van der Waals surface area contributed by atoms with E-state index in [0.29, 0.717) is 5.56 Å². The third kappa shape index (κ3) is 3.69. The normalized spacial score (nSPS) is 12.7. The number of aliphatic hydroxyl groups is 1. The van der Waals surface area contributed by atoms with E-state index in [1.807, 2.05) is 0 Å². The molecule has 0 aromatic heterocycles. The van der Waals surface area contributed by atoms with Gasteiger partial charge in [-0.2, -0.15) is 0 Å². The molecule has 17 heavy (non-hydrogen) atoms. The van der Waals surface area contributed by atoms with Gasteiger partial charge in [-0.25, -0.2) is 13.1 Å². The van der Waals surface area contributed by atoms with Crippen LogP contribution in [0.4, 0.5) is 5.69 Å². The number of nitrogen functional groups attached to an aromatic ring is 1. The average molecular weight is 258 g/mol. The zero-order valence-corrected chi connectivity index (χ0v) is 11.0. The van der Waals surface area contributed by atoms with E-state index in [2.05, 4.69) is 4.72 Å². The van der Waals surface area contributed by atoms with Crippen LogP contribution in [-0.4, -0.2) is 25.7 Å². The Balaban J connectivity index is 3.06. The van der Waals surface area contributed by atoms with E-state index < -0.39 is 15.6 Å². The summed E-state index contributed by atoms with van der Waals surface area (Å²) >= 11 is 0. The Morgan fingerprint density at radius 3 is 2.47 bits per heavy atom. The first-order valence-electron chi connectivity index (χ1n) is 5.20. The number of aryl methyl sites for hydroxylation is 1. The molecule has 0 unspecified atom stereocenters. The van der Waals surface area contributed by atoms with E-state index >= 15 is 0 Å². The van der Waals surface area contributed by atoms with Crippen molar-refractivity contribution >= 4 is 15.7 Å². The molecule has 0 radical (unpaired) electrons. The molecule has 0 aliphatic rings. The van der Waals surface area contributed by atoms with E-state index in [-0.39, 0.29) is 17.1 Å². The minimum atomic E-state index is -3.69. The summed E-state index contributed by atoms with van der Waals surface area (Å²) < 4.78 is 26.4. The Kier molecular flexibility index (Phi) is 3.81. The van der Waals surface area contributed by atoms with E-state index in [4.69, 9.17) is 5.73 Å². The van der Waals surface area contributed by atoms with Crippen LogP contribution in [0.15, 0.2) is 23.1 Å². The lowest BCUT2D eigenvalue weighted by molar-refractivity contribution is 0.0857. The fourth-order valence-corrected chi connectivity index (χ4v) is 2.94. The summed E-state index contributed by atoms with van der Waals surface area (Å²) in [6, 6.07) is 4.90. The smallest absolute Gasteiger partial charge is 0.242 e. The highest BCUT2D eigenvalue weighted by Crippen LogP contribution is 2.22. The molecule has 0 heterocycles. The molecule has 0 saturated heterocycles. The van der Waals surface area contributed by atoms with Gasteiger partial charge in [0.25, 0.3) is 0 Å². The molecule has 0 aliphatic heterocycles. The quantitative estimate of drug-likeness (QED) is 0.690. The maximum absolute atomic E-state index is 12.0. The number of rotatable bonds is 4. The molecule has 0 atom stereocenters. The first-order valence-corrected chi connectivity index (χ1v) is 6.69. The van der Waals surface area contributed by atoms with E-state index in [0.717, 1.165) is 0 Å². The zero-order valence-electron chi connectivity index (χ0n) is 10.2. The van der Waals surface area contributed by atoms with Gasteiger partial charge < -0.3 is 10.8 Å². The second-order valence-electron chi connectivity index (χ2n) is 4.63. The predicted molar refractivity (Wildman–Crippen MR) is 67.1 cm³/mol. The van der Waals surface area contributed by atoms with Crippen LogP contribution in [0.2, 0.25) is 0 Å². The van der Waals surface area contributed by atoms with Crippen molar-refractivity contribution < 1.29 is 13.5 Å². The molecule has 0 spiro atoms. The van der Waals surface area contributed by atoms with Gasteiger partial charge in [0.05, 0.1) is 11.3 Å². The molecule has 1 aromatic rings. The van der Waals surface area contributed by atoms with Crippen LogP contribution >= 0.6 is 0 Å². The lowest BCUT2D eigenvalue weighted by atomic mass is 10.1. The maximum Gasteiger partial charge on any atom is 0.242 e. The molecule has 0 bridgehead atoms. The predicted octanol–water partition coefficient (Wildman–Crippen LogP) is 0.626. The monoisotopic (exact) mass is 258 g/mol. The lowest BCUT2D eigenvalue weighted by Gasteiger charge is -2.19. The molecule has 5 nitrogen and oxygen atoms in total. The third-order valence-electron chi connectivity index (χ3n) is 2.21. The van der Waals surface area contributed by atoms with Crippen LogP contribution in [-0.2, 0) is 10.0 Å². The van der Waals surface area contributed by atoms with Crippen LogP contribution < -0.4 is 10.5 Å². The van der Waals surface area contributed by atoms with Crippen molar-refractivity contribution in [2.45, 2.75) is 31.3 Å². The Labute approximate surface area is 102 Å². The summed E-state index contributed by atoms with van der Waals surface area (Å²) in [7, 11) is -3.69. The summed E-state index contributed by atoms with van der Waals surface area (Å²) in [5.74, 6) is 0. The van der Waals surface area contributed by atoms with Crippen molar-refractivity contribution in [3.05, 3.63) is 23.8 Å². The van der Waals surface area contributed by atoms with Crippen LogP contribution in [0.3, 0.4) is 0 Å². The summed E-state index contributed by atoms with van der Waals surface area (Å²) in [6.07, 6.45) is 0. The first-order chi connectivity index (χ1) is 7.63. The summed E-state index contributed by atoms with van der Waals surface area (Å²) in [4.78, 5) is 0.0734. The number of hydrogen-bond donors (Lipinski definition) is 3. The molecule has 6 heteroatoms. The van der Waals surface area contributed by atoms with Gasteiger partial charge in [-0.3, -0.25) is 0 Å². The summed E-state index contributed by atoms with van der Waals surface area (Å²) in [6.45, 7) is 4.66. The van der Waals surface area contributed by atoms with Crippen LogP contribution in [0.1, 0.15) is 19.4 Å². The van der Waals surface area contributed by atoms with Gasteiger partial charge in [0, 0.05) is 6.54 Å². The van der Waals surface area contributed by atoms with E-state index in [9.17, 15) is 13.5 Å². The highest BCUT2D eigenvalue weighted by atomic mass is 32.2. The number of benzene rings is 1. The molecule has 0 fully saturated rings.